The van der Waals surface area contributed by atoms with Crippen molar-refractivity contribution in [3.8, 4) is 5.75 Å². The number of amides is 1. The zero-order valence-corrected chi connectivity index (χ0v) is 19.6. The average Bonchev–Trinajstić information content (AvgIpc) is 2.76. The molecule has 2 N–H and O–H groups in total. The van der Waals surface area contributed by atoms with E-state index in [0.717, 1.165) is 16.7 Å². The molecule has 3 rings (SSSR count). The molecule has 0 radical (unpaired) electrons. The fraction of sp³-hybridized carbons (Fsp3) is 0.200. The lowest BCUT2D eigenvalue weighted by Crippen LogP contribution is -2.35. The summed E-state index contributed by atoms with van der Waals surface area (Å²) in [4.78, 5) is 12.3. The molecule has 0 aliphatic rings. The molecule has 3 aromatic rings. The standard InChI is InChI=1S/C25H27N3O4S/c1-18-12-19(2)25(20(3)13-18)33(30,31)27-16-24(29)28-26-15-22-10-7-11-23(14-22)32-17-21-8-5-4-6-9-21/h4-15,27H,16-17H2,1-3H3,(H,28,29)/b26-15-. The molecule has 7 nitrogen and oxygen atoms in total. The van der Waals surface area contributed by atoms with Crippen molar-refractivity contribution in [3.63, 3.8) is 0 Å². The quantitative estimate of drug-likeness (QED) is 0.373. The zero-order chi connectivity index (χ0) is 23.8. The number of hydrazone groups is 1. The summed E-state index contributed by atoms with van der Waals surface area (Å²) in [5.74, 6) is 0.0967. The van der Waals surface area contributed by atoms with E-state index < -0.39 is 22.5 Å². The Balaban J connectivity index is 1.53. The minimum Gasteiger partial charge on any atom is -0.489 e. The highest BCUT2D eigenvalue weighted by Gasteiger charge is 2.20. The van der Waals surface area contributed by atoms with Crippen LogP contribution < -0.4 is 14.9 Å². The van der Waals surface area contributed by atoms with E-state index in [9.17, 15) is 13.2 Å². The maximum absolute atomic E-state index is 12.6. The number of nitrogens with one attached hydrogen (secondary N) is 2. The summed E-state index contributed by atoms with van der Waals surface area (Å²) in [7, 11) is -3.82. The number of rotatable bonds is 9. The van der Waals surface area contributed by atoms with E-state index in [0.29, 0.717) is 23.5 Å². The third kappa shape index (κ3) is 7.00. The summed E-state index contributed by atoms with van der Waals surface area (Å²) >= 11 is 0. The number of nitrogens with zero attached hydrogens (tertiary/aromatic N) is 1. The highest BCUT2D eigenvalue weighted by atomic mass is 32.2. The van der Waals surface area contributed by atoms with E-state index in [1.165, 1.54) is 6.21 Å². The van der Waals surface area contributed by atoms with Crippen LogP contribution in [0.1, 0.15) is 27.8 Å². The molecule has 0 spiro atoms. The summed E-state index contributed by atoms with van der Waals surface area (Å²) in [6.45, 7) is 5.39. The molecule has 0 fully saturated rings. The van der Waals surface area contributed by atoms with Crippen molar-refractivity contribution in [2.75, 3.05) is 6.54 Å². The molecule has 0 heterocycles. The molecule has 0 saturated carbocycles. The van der Waals surface area contributed by atoms with Gasteiger partial charge in [-0.2, -0.15) is 5.10 Å². The molecule has 0 bridgehead atoms. The molecule has 0 unspecified atom stereocenters. The number of ether oxygens (including phenoxy) is 1. The third-order valence-electron chi connectivity index (χ3n) is 4.81. The van der Waals surface area contributed by atoms with Crippen LogP contribution in [0.3, 0.4) is 0 Å². The van der Waals surface area contributed by atoms with Crippen LogP contribution >= 0.6 is 0 Å². The lowest BCUT2D eigenvalue weighted by molar-refractivity contribution is -0.119. The summed E-state index contributed by atoms with van der Waals surface area (Å²) in [5, 5.41) is 3.91. The van der Waals surface area contributed by atoms with Gasteiger partial charge in [0.2, 0.25) is 10.0 Å². The molecule has 8 heteroatoms. The monoisotopic (exact) mass is 465 g/mol. The van der Waals surface area contributed by atoms with Gasteiger partial charge in [0.05, 0.1) is 17.7 Å². The van der Waals surface area contributed by atoms with Crippen molar-refractivity contribution >= 4 is 22.1 Å². The van der Waals surface area contributed by atoms with E-state index in [1.807, 2.05) is 55.5 Å². The topological polar surface area (TPSA) is 96.9 Å². The Kier molecular flexibility index (Phi) is 7.97. The number of carbonyl (C=O) groups excluding carboxylic acids is 1. The van der Waals surface area contributed by atoms with E-state index in [2.05, 4.69) is 15.2 Å². The minimum atomic E-state index is -3.82. The van der Waals surface area contributed by atoms with Crippen LogP contribution in [-0.2, 0) is 21.4 Å². The largest absolute Gasteiger partial charge is 0.489 e. The van der Waals surface area contributed by atoms with Gasteiger partial charge in [0.15, 0.2) is 0 Å². The Hall–Kier alpha value is -3.49. The van der Waals surface area contributed by atoms with Crippen LogP contribution in [0.4, 0.5) is 0 Å². The lowest BCUT2D eigenvalue weighted by atomic mass is 10.1. The van der Waals surface area contributed by atoms with Crippen LogP contribution in [0.2, 0.25) is 0 Å². The molecule has 0 aliphatic carbocycles. The van der Waals surface area contributed by atoms with Crippen molar-refractivity contribution in [1.29, 1.82) is 0 Å². The summed E-state index contributed by atoms with van der Waals surface area (Å²) < 4.78 is 33.4. The van der Waals surface area contributed by atoms with Gasteiger partial charge in [-0.15, -0.1) is 0 Å². The third-order valence-corrected chi connectivity index (χ3v) is 6.51. The molecular weight excluding hydrogens is 438 g/mol. The number of carbonyl (C=O) groups is 1. The van der Waals surface area contributed by atoms with Gasteiger partial charge in [-0.3, -0.25) is 4.79 Å². The summed E-state index contributed by atoms with van der Waals surface area (Å²) in [6.07, 6.45) is 1.47. The van der Waals surface area contributed by atoms with Crippen molar-refractivity contribution in [2.24, 2.45) is 5.10 Å². The van der Waals surface area contributed by atoms with E-state index in [-0.39, 0.29) is 4.90 Å². The van der Waals surface area contributed by atoms with Crippen LogP contribution in [0.5, 0.6) is 5.75 Å². The Morgan fingerprint density at radius 2 is 1.67 bits per heavy atom. The van der Waals surface area contributed by atoms with Crippen molar-refractivity contribution < 1.29 is 17.9 Å². The number of hydrogen-bond donors (Lipinski definition) is 2. The van der Waals surface area contributed by atoms with E-state index in [4.69, 9.17) is 4.74 Å². The van der Waals surface area contributed by atoms with Crippen LogP contribution in [-0.4, -0.2) is 27.1 Å². The molecule has 0 aliphatic heterocycles. The van der Waals surface area contributed by atoms with Crippen molar-refractivity contribution in [1.82, 2.24) is 10.1 Å². The highest BCUT2D eigenvalue weighted by molar-refractivity contribution is 7.89. The van der Waals surface area contributed by atoms with Gasteiger partial charge in [-0.05, 0) is 55.2 Å². The molecule has 33 heavy (non-hydrogen) atoms. The molecular formula is C25H27N3O4S. The van der Waals surface area contributed by atoms with Gasteiger partial charge in [0, 0.05) is 0 Å². The molecule has 1 amide bonds. The van der Waals surface area contributed by atoms with Crippen LogP contribution in [0.25, 0.3) is 0 Å². The van der Waals surface area contributed by atoms with Gasteiger partial charge >= 0.3 is 0 Å². The smallest absolute Gasteiger partial charge is 0.255 e. The molecule has 0 atom stereocenters. The molecule has 172 valence electrons. The fourth-order valence-electron chi connectivity index (χ4n) is 3.47. The number of hydrogen-bond acceptors (Lipinski definition) is 5. The molecule has 3 aromatic carbocycles. The average molecular weight is 466 g/mol. The number of benzene rings is 3. The maximum atomic E-state index is 12.6. The SMILES string of the molecule is Cc1cc(C)c(S(=O)(=O)NCC(=O)N/N=C\c2cccc(OCc3ccccc3)c2)c(C)c1. The summed E-state index contributed by atoms with van der Waals surface area (Å²) in [6, 6.07) is 20.7. The number of aryl methyl sites for hydroxylation is 3. The molecule has 0 saturated heterocycles. The van der Waals surface area contributed by atoms with E-state index >= 15 is 0 Å². The lowest BCUT2D eigenvalue weighted by Gasteiger charge is -2.12. The first-order chi connectivity index (χ1) is 15.7. The Bertz CT molecular complexity index is 1230. The second-order valence-electron chi connectivity index (χ2n) is 7.69. The first-order valence-corrected chi connectivity index (χ1v) is 11.9. The predicted octanol–water partition coefficient (Wildman–Crippen LogP) is 3.62. The number of sulfonamides is 1. The van der Waals surface area contributed by atoms with Gasteiger partial charge in [0.1, 0.15) is 12.4 Å². The minimum absolute atomic E-state index is 0.191. The fourth-order valence-corrected chi connectivity index (χ4v) is 4.90. The summed E-state index contributed by atoms with van der Waals surface area (Å²) in [5.41, 5.74) is 6.36. The van der Waals surface area contributed by atoms with Gasteiger partial charge in [0.25, 0.3) is 5.91 Å². The van der Waals surface area contributed by atoms with Gasteiger partial charge in [-0.25, -0.2) is 18.6 Å². The Morgan fingerprint density at radius 3 is 2.36 bits per heavy atom. The van der Waals surface area contributed by atoms with Crippen LogP contribution in [0.15, 0.2) is 76.7 Å². The second kappa shape index (κ2) is 10.9. The maximum Gasteiger partial charge on any atom is 0.255 e. The first kappa shape index (κ1) is 24.2. The highest BCUT2D eigenvalue weighted by Crippen LogP contribution is 2.21. The van der Waals surface area contributed by atoms with Crippen LogP contribution in [0, 0.1) is 20.8 Å². The Labute approximate surface area is 194 Å². The zero-order valence-electron chi connectivity index (χ0n) is 18.8. The first-order valence-electron chi connectivity index (χ1n) is 10.4. The Morgan fingerprint density at radius 1 is 0.970 bits per heavy atom. The van der Waals surface area contributed by atoms with E-state index in [1.54, 1.807) is 32.0 Å². The normalized spacial score (nSPS) is 11.5. The van der Waals surface area contributed by atoms with Gasteiger partial charge in [-0.1, -0.05) is 60.2 Å². The predicted molar refractivity (Wildman–Crippen MR) is 129 cm³/mol. The molecule has 0 aromatic heterocycles. The van der Waals surface area contributed by atoms with Crippen molar-refractivity contribution in [2.45, 2.75) is 32.3 Å². The second-order valence-corrected chi connectivity index (χ2v) is 9.40. The van der Waals surface area contributed by atoms with Gasteiger partial charge < -0.3 is 4.74 Å². The van der Waals surface area contributed by atoms with Crippen molar-refractivity contribution in [3.05, 3.63) is 94.5 Å².